The Labute approximate surface area is 118 Å². The zero-order valence-electron chi connectivity index (χ0n) is 11.9. The first kappa shape index (κ1) is 13.2. The van der Waals surface area contributed by atoms with Crippen molar-refractivity contribution >= 4 is 5.91 Å². The molecule has 0 saturated carbocycles. The number of fused-ring (bicyclic) bond motifs is 1. The predicted molar refractivity (Wildman–Crippen MR) is 74.7 cm³/mol. The molecule has 2 aliphatic rings. The fourth-order valence-electron chi connectivity index (χ4n) is 2.88. The van der Waals surface area contributed by atoms with Crippen LogP contribution in [0.25, 0.3) is 0 Å². The van der Waals surface area contributed by atoms with Crippen LogP contribution in [0.15, 0.2) is 18.2 Å². The fourth-order valence-corrected chi connectivity index (χ4v) is 2.88. The van der Waals surface area contributed by atoms with Gasteiger partial charge in [-0.15, -0.1) is 0 Å². The lowest BCUT2D eigenvalue weighted by Crippen LogP contribution is -2.51. The Morgan fingerprint density at radius 1 is 1.40 bits per heavy atom. The van der Waals surface area contributed by atoms with Crippen LogP contribution >= 0.6 is 0 Å². The quantitative estimate of drug-likeness (QED) is 0.909. The Morgan fingerprint density at radius 3 is 2.95 bits per heavy atom. The largest absolute Gasteiger partial charge is 0.454 e. The molecule has 5 nitrogen and oxygen atoms in total. The monoisotopic (exact) mass is 276 g/mol. The normalized spacial score (nSPS) is 23.9. The van der Waals surface area contributed by atoms with Crippen molar-refractivity contribution < 1.29 is 14.3 Å². The second-order valence-electron chi connectivity index (χ2n) is 5.71. The number of nitrogens with one attached hydrogen (secondary N) is 1. The number of carbonyl (C=O) groups excluding carboxylic acids is 1. The molecule has 2 heterocycles. The molecule has 20 heavy (non-hydrogen) atoms. The van der Waals surface area contributed by atoms with E-state index in [1.807, 2.05) is 32.2 Å². The van der Waals surface area contributed by atoms with Crippen molar-refractivity contribution in [3.8, 4) is 11.5 Å². The van der Waals surface area contributed by atoms with Gasteiger partial charge >= 0.3 is 0 Å². The van der Waals surface area contributed by atoms with Crippen molar-refractivity contribution in [1.82, 2.24) is 10.2 Å². The first-order valence-electron chi connectivity index (χ1n) is 6.98. The summed E-state index contributed by atoms with van der Waals surface area (Å²) >= 11 is 0. The van der Waals surface area contributed by atoms with Gasteiger partial charge in [-0.05, 0) is 44.0 Å². The topological polar surface area (TPSA) is 50.8 Å². The van der Waals surface area contributed by atoms with Crippen molar-refractivity contribution in [2.24, 2.45) is 0 Å². The Kier molecular flexibility index (Phi) is 3.30. The number of benzene rings is 1. The smallest absolute Gasteiger partial charge is 0.242 e. The average molecular weight is 276 g/mol. The number of ether oxygens (including phenoxy) is 2. The number of hydrogen-bond acceptors (Lipinski definition) is 4. The van der Waals surface area contributed by atoms with E-state index in [4.69, 9.17) is 9.47 Å². The minimum absolute atomic E-state index is 0.146. The highest BCUT2D eigenvalue weighted by atomic mass is 16.7. The third-order valence-electron chi connectivity index (χ3n) is 4.04. The predicted octanol–water partition coefficient (Wildman–Crippen LogP) is 1.52. The second-order valence-corrected chi connectivity index (χ2v) is 5.71. The van der Waals surface area contributed by atoms with E-state index in [-0.39, 0.29) is 12.7 Å². The van der Waals surface area contributed by atoms with Crippen molar-refractivity contribution in [1.29, 1.82) is 0 Å². The lowest BCUT2D eigenvalue weighted by Gasteiger charge is -2.29. The van der Waals surface area contributed by atoms with Gasteiger partial charge in [0.25, 0.3) is 0 Å². The zero-order valence-corrected chi connectivity index (χ0v) is 11.9. The molecular formula is C15H20N2O3. The lowest BCUT2D eigenvalue weighted by atomic mass is 9.98. The Morgan fingerprint density at radius 2 is 2.20 bits per heavy atom. The molecule has 0 bridgehead atoms. The number of rotatable bonds is 3. The van der Waals surface area contributed by atoms with E-state index in [9.17, 15) is 4.79 Å². The van der Waals surface area contributed by atoms with Crippen LogP contribution in [0.2, 0.25) is 0 Å². The van der Waals surface area contributed by atoms with Crippen LogP contribution in [0, 0.1) is 0 Å². The van der Waals surface area contributed by atoms with Gasteiger partial charge < -0.3 is 19.7 Å². The molecule has 1 aromatic carbocycles. The van der Waals surface area contributed by atoms with Gasteiger partial charge in [0.1, 0.15) is 0 Å². The summed E-state index contributed by atoms with van der Waals surface area (Å²) in [6.07, 6.45) is 1.96. The molecule has 3 rings (SSSR count). The van der Waals surface area contributed by atoms with Gasteiger partial charge in [-0.3, -0.25) is 4.79 Å². The molecule has 1 fully saturated rings. The third kappa shape index (κ3) is 2.33. The van der Waals surface area contributed by atoms with Crippen molar-refractivity contribution in [2.45, 2.75) is 31.8 Å². The molecule has 2 aliphatic heterocycles. The van der Waals surface area contributed by atoms with Crippen molar-refractivity contribution in [3.63, 3.8) is 0 Å². The molecule has 0 aliphatic carbocycles. The molecule has 108 valence electrons. The SMILES string of the molecule is CN(Cc1ccc2c(c1)OCO2)C(=O)C1(C)CCCN1. The summed E-state index contributed by atoms with van der Waals surface area (Å²) in [5.74, 6) is 1.67. The van der Waals surface area contributed by atoms with Crippen LogP contribution in [-0.4, -0.2) is 36.7 Å². The van der Waals surface area contributed by atoms with Gasteiger partial charge in [-0.25, -0.2) is 0 Å². The van der Waals surface area contributed by atoms with E-state index in [1.54, 1.807) is 4.90 Å². The summed E-state index contributed by atoms with van der Waals surface area (Å²) < 4.78 is 10.7. The van der Waals surface area contributed by atoms with Gasteiger partial charge in [0, 0.05) is 13.6 Å². The number of likely N-dealkylation sites (N-methyl/N-ethyl adjacent to an activating group) is 1. The van der Waals surface area contributed by atoms with Crippen LogP contribution in [0.5, 0.6) is 11.5 Å². The van der Waals surface area contributed by atoms with Crippen molar-refractivity contribution in [2.75, 3.05) is 20.4 Å². The van der Waals surface area contributed by atoms with Gasteiger partial charge in [0.05, 0.1) is 5.54 Å². The molecular weight excluding hydrogens is 256 g/mol. The Hall–Kier alpha value is -1.75. The maximum Gasteiger partial charge on any atom is 0.242 e. The summed E-state index contributed by atoms with van der Waals surface area (Å²) in [7, 11) is 1.85. The van der Waals surface area contributed by atoms with Crippen LogP contribution in [-0.2, 0) is 11.3 Å². The number of hydrogen-bond donors (Lipinski definition) is 1. The minimum atomic E-state index is -0.412. The van der Waals surface area contributed by atoms with E-state index in [0.29, 0.717) is 6.54 Å². The standard InChI is InChI=1S/C15H20N2O3/c1-15(6-3-7-16-15)14(18)17(2)9-11-4-5-12-13(8-11)20-10-19-12/h4-5,8,16H,3,6-7,9-10H2,1-2H3. The zero-order chi connectivity index (χ0) is 14.2. The van der Waals surface area contributed by atoms with Gasteiger partial charge in [0.2, 0.25) is 12.7 Å². The molecule has 1 unspecified atom stereocenters. The molecule has 5 heteroatoms. The van der Waals surface area contributed by atoms with Crippen LogP contribution in [0.4, 0.5) is 0 Å². The van der Waals surface area contributed by atoms with E-state index < -0.39 is 5.54 Å². The third-order valence-corrected chi connectivity index (χ3v) is 4.04. The molecule has 1 N–H and O–H groups in total. The molecule has 1 atom stereocenters. The molecule has 0 spiro atoms. The average Bonchev–Trinajstić information content (AvgIpc) is 3.06. The van der Waals surface area contributed by atoms with Crippen LogP contribution in [0.1, 0.15) is 25.3 Å². The summed E-state index contributed by atoms with van der Waals surface area (Å²) in [6.45, 7) is 3.75. The van der Waals surface area contributed by atoms with E-state index in [1.165, 1.54) is 0 Å². The van der Waals surface area contributed by atoms with E-state index >= 15 is 0 Å². The van der Waals surface area contributed by atoms with E-state index in [2.05, 4.69) is 5.32 Å². The Bertz CT molecular complexity index is 524. The van der Waals surface area contributed by atoms with Crippen molar-refractivity contribution in [3.05, 3.63) is 23.8 Å². The first-order valence-corrected chi connectivity index (χ1v) is 6.98. The maximum atomic E-state index is 12.5. The van der Waals surface area contributed by atoms with Gasteiger partial charge in [-0.1, -0.05) is 6.07 Å². The highest BCUT2D eigenvalue weighted by molar-refractivity contribution is 5.86. The summed E-state index contributed by atoms with van der Waals surface area (Å²) in [6, 6.07) is 5.81. The van der Waals surface area contributed by atoms with Crippen LogP contribution in [0.3, 0.4) is 0 Å². The summed E-state index contributed by atoms with van der Waals surface area (Å²) in [5.41, 5.74) is 0.636. The highest BCUT2D eigenvalue weighted by Crippen LogP contribution is 2.33. The Balaban J connectivity index is 1.69. The molecule has 0 aromatic heterocycles. The number of amides is 1. The molecule has 0 radical (unpaired) electrons. The summed E-state index contributed by atoms with van der Waals surface area (Å²) in [4.78, 5) is 14.3. The van der Waals surface area contributed by atoms with E-state index in [0.717, 1.165) is 36.4 Å². The summed E-state index contributed by atoms with van der Waals surface area (Å²) in [5, 5.41) is 3.31. The maximum absolute atomic E-state index is 12.5. The van der Waals surface area contributed by atoms with Gasteiger partial charge in [0.15, 0.2) is 11.5 Å². The number of carbonyl (C=O) groups is 1. The van der Waals surface area contributed by atoms with Gasteiger partial charge in [-0.2, -0.15) is 0 Å². The molecule has 1 aromatic rings. The highest BCUT2D eigenvalue weighted by Gasteiger charge is 2.37. The second kappa shape index (κ2) is 4.98. The lowest BCUT2D eigenvalue weighted by molar-refractivity contribution is -0.136. The fraction of sp³-hybridized carbons (Fsp3) is 0.533. The first-order chi connectivity index (χ1) is 9.58. The number of nitrogens with zero attached hydrogens (tertiary/aromatic N) is 1. The minimum Gasteiger partial charge on any atom is -0.454 e. The van der Waals surface area contributed by atoms with Crippen LogP contribution < -0.4 is 14.8 Å². The molecule has 1 amide bonds. The molecule has 1 saturated heterocycles.